The van der Waals surface area contributed by atoms with Gasteiger partial charge in [0.2, 0.25) is 0 Å². The first-order valence-electron chi connectivity index (χ1n) is 6.42. The lowest BCUT2D eigenvalue weighted by molar-refractivity contribution is 0.405. The zero-order chi connectivity index (χ0) is 14.5. The Kier molecular flexibility index (Phi) is 4.69. The third-order valence-electron chi connectivity index (χ3n) is 3.22. The highest BCUT2D eigenvalue weighted by atomic mass is 19.1. The zero-order valence-corrected chi connectivity index (χ0v) is 11.5. The first-order valence-corrected chi connectivity index (χ1v) is 6.42. The van der Waals surface area contributed by atoms with Crippen LogP contribution in [0.4, 0.5) is 8.78 Å². The van der Waals surface area contributed by atoms with Crippen LogP contribution in [0.5, 0.6) is 5.75 Å². The van der Waals surface area contributed by atoms with Crippen LogP contribution in [-0.4, -0.2) is 7.11 Å². The highest BCUT2D eigenvalue weighted by Crippen LogP contribution is 2.21. The van der Waals surface area contributed by atoms with Gasteiger partial charge >= 0.3 is 0 Å². The number of hydrogen-bond donors (Lipinski definition) is 1. The van der Waals surface area contributed by atoms with Crippen LogP contribution in [0.2, 0.25) is 0 Å². The number of ether oxygens (including phenoxy) is 1. The molecule has 1 unspecified atom stereocenters. The van der Waals surface area contributed by atoms with Crippen LogP contribution in [0.3, 0.4) is 0 Å². The van der Waals surface area contributed by atoms with Gasteiger partial charge in [0.15, 0.2) is 0 Å². The van der Waals surface area contributed by atoms with E-state index in [9.17, 15) is 8.78 Å². The number of halogens is 2. The summed E-state index contributed by atoms with van der Waals surface area (Å²) in [7, 11) is 1.61. The quantitative estimate of drug-likeness (QED) is 0.897. The van der Waals surface area contributed by atoms with Crippen molar-refractivity contribution in [2.75, 3.05) is 7.11 Å². The topological polar surface area (TPSA) is 21.3 Å². The molecule has 0 amide bonds. The van der Waals surface area contributed by atoms with E-state index < -0.39 is 11.6 Å². The van der Waals surface area contributed by atoms with Crippen LogP contribution in [0.25, 0.3) is 0 Å². The highest BCUT2D eigenvalue weighted by molar-refractivity contribution is 5.33. The van der Waals surface area contributed by atoms with Crippen molar-refractivity contribution in [1.82, 2.24) is 5.32 Å². The van der Waals surface area contributed by atoms with E-state index in [0.29, 0.717) is 12.1 Å². The summed E-state index contributed by atoms with van der Waals surface area (Å²) in [6, 6.07) is 11.0. The van der Waals surface area contributed by atoms with Gasteiger partial charge in [-0.05, 0) is 19.1 Å². The highest BCUT2D eigenvalue weighted by Gasteiger charge is 2.12. The lowest BCUT2D eigenvalue weighted by Crippen LogP contribution is -2.19. The molecule has 2 aromatic carbocycles. The molecule has 2 rings (SSSR count). The fourth-order valence-electron chi connectivity index (χ4n) is 2.07. The van der Waals surface area contributed by atoms with E-state index in [1.165, 1.54) is 12.1 Å². The van der Waals surface area contributed by atoms with Gasteiger partial charge in [-0.3, -0.25) is 0 Å². The van der Waals surface area contributed by atoms with Gasteiger partial charge < -0.3 is 10.1 Å². The Morgan fingerprint density at radius 3 is 2.60 bits per heavy atom. The molecule has 0 aromatic heterocycles. The van der Waals surface area contributed by atoms with Crippen LogP contribution in [0.15, 0.2) is 42.5 Å². The average Bonchev–Trinajstić information content (AvgIpc) is 2.45. The molecule has 0 aliphatic heterocycles. The maximum Gasteiger partial charge on any atom is 0.130 e. The standard InChI is InChI=1S/C16H17F2NO/c1-11(14-8-7-13(17)9-15(14)18)19-10-12-5-3-4-6-16(12)20-2/h3-9,11,19H,10H2,1-2H3. The van der Waals surface area contributed by atoms with Crippen molar-refractivity contribution in [3.8, 4) is 5.75 Å². The minimum absolute atomic E-state index is 0.222. The van der Waals surface area contributed by atoms with E-state index >= 15 is 0 Å². The lowest BCUT2D eigenvalue weighted by Gasteiger charge is -2.16. The molecule has 20 heavy (non-hydrogen) atoms. The lowest BCUT2D eigenvalue weighted by atomic mass is 10.1. The summed E-state index contributed by atoms with van der Waals surface area (Å²) in [5, 5.41) is 3.21. The Morgan fingerprint density at radius 1 is 1.15 bits per heavy atom. The van der Waals surface area contributed by atoms with Crippen molar-refractivity contribution in [2.24, 2.45) is 0 Å². The van der Waals surface area contributed by atoms with Crippen molar-refractivity contribution in [3.05, 3.63) is 65.2 Å². The normalized spacial score (nSPS) is 12.2. The Hall–Kier alpha value is -1.94. The number of benzene rings is 2. The third-order valence-corrected chi connectivity index (χ3v) is 3.22. The number of hydrogen-bond acceptors (Lipinski definition) is 2. The van der Waals surface area contributed by atoms with E-state index in [1.807, 2.05) is 31.2 Å². The van der Waals surface area contributed by atoms with Crippen molar-refractivity contribution < 1.29 is 13.5 Å². The van der Waals surface area contributed by atoms with Crippen molar-refractivity contribution in [2.45, 2.75) is 19.5 Å². The van der Waals surface area contributed by atoms with E-state index in [4.69, 9.17) is 4.74 Å². The monoisotopic (exact) mass is 277 g/mol. The average molecular weight is 277 g/mol. The predicted molar refractivity (Wildman–Crippen MR) is 74.6 cm³/mol. The molecule has 0 bridgehead atoms. The van der Waals surface area contributed by atoms with Gasteiger partial charge in [-0.25, -0.2) is 8.78 Å². The Labute approximate surface area is 117 Å². The van der Waals surface area contributed by atoms with E-state index in [-0.39, 0.29) is 6.04 Å². The van der Waals surface area contributed by atoms with Gasteiger partial charge in [-0.15, -0.1) is 0 Å². The molecule has 0 fully saturated rings. The number of para-hydroxylation sites is 1. The second-order valence-electron chi connectivity index (χ2n) is 4.58. The predicted octanol–water partition coefficient (Wildman–Crippen LogP) is 3.82. The number of methoxy groups -OCH3 is 1. The molecule has 0 spiro atoms. The smallest absolute Gasteiger partial charge is 0.130 e. The van der Waals surface area contributed by atoms with Crippen molar-refractivity contribution in [1.29, 1.82) is 0 Å². The second kappa shape index (κ2) is 6.48. The molecule has 1 N–H and O–H groups in total. The van der Waals surface area contributed by atoms with Crippen LogP contribution in [0.1, 0.15) is 24.1 Å². The number of nitrogens with one attached hydrogen (secondary N) is 1. The molecule has 106 valence electrons. The van der Waals surface area contributed by atoms with Gasteiger partial charge in [0, 0.05) is 29.8 Å². The molecule has 0 heterocycles. The Balaban J connectivity index is 2.06. The maximum absolute atomic E-state index is 13.7. The maximum atomic E-state index is 13.7. The zero-order valence-electron chi connectivity index (χ0n) is 11.5. The Bertz CT molecular complexity index is 586. The molecule has 4 heteroatoms. The molecule has 1 atom stereocenters. The molecular weight excluding hydrogens is 260 g/mol. The second-order valence-corrected chi connectivity index (χ2v) is 4.58. The summed E-state index contributed by atoms with van der Waals surface area (Å²) in [4.78, 5) is 0. The van der Waals surface area contributed by atoms with Crippen molar-refractivity contribution >= 4 is 0 Å². The third kappa shape index (κ3) is 3.33. The molecule has 0 aliphatic carbocycles. The molecular formula is C16H17F2NO. The summed E-state index contributed by atoms with van der Waals surface area (Å²) in [6.07, 6.45) is 0. The molecule has 0 saturated carbocycles. The number of rotatable bonds is 5. The van der Waals surface area contributed by atoms with Crippen LogP contribution < -0.4 is 10.1 Å². The van der Waals surface area contributed by atoms with Crippen LogP contribution in [0, 0.1) is 11.6 Å². The van der Waals surface area contributed by atoms with E-state index in [0.717, 1.165) is 17.4 Å². The summed E-state index contributed by atoms with van der Waals surface area (Å²) >= 11 is 0. The summed E-state index contributed by atoms with van der Waals surface area (Å²) in [6.45, 7) is 2.38. The minimum Gasteiger partial charge on any atom is -0.496 e. The van der Waals surface area contributed by atoms with Gasteiger partial charge in [0.1, 0.15) is 17.4 Å². The Morgan fingerprint density at radius 2 is 1.90 bits per heavy atom. The molecule has 2 aromatic rings. The molecule has 0 aliphatic rings. The van der Waals surface area contributed by atoms with Gasteiger partial charge in [0.25, 0.3) is 0 Å². The van der Waals surface area contributed by atoms with E-state index in [1.54, 1.807) is 7.11 Å². The first-order chi connectivity index (χ1) is 9.61. The first kappa shape index (κ1) is 14.5. The van der Waals surface area contributed by atoms with Gasteiger partial charge in [0.05, 0.1) is 7.11 Å². The fourth-order valence-corrected chi connectivity index (χ4v) is 2.07. The van der Waals surface area contributed by atoms with Gasteiger partial charge in [-0.1, -0.05) is 24.3 Å². The summed E-state index contributed by atoms with van der Waals surface area (Å²) in [5.74, 6) is -0.319. The van der Waals surface area contributed by atoms with Crippen molar-refractivity contribution in [3.63, 3.8) is 0 Å². The minimum atomic E-state index is -0.567. The van der Waals surface area contributed by atoms with Gasteiger partial charge in [-0.2, -0.15) is 0 Å². The van der Waals surface area contributed by atoms with E-state index in [2.05, 4.69) is 5.32 Å². The molecule has 0 radical (unpaired) electrons. The molecule has 2 nitrogen and oxygen atoms in total. The summed E-state index contributed by atoms with van der Waals surface area (Å²) < 4.78 is 31.8. The van der Waals surface area contributed by atoms with Crippen LogP contribution in [-0.2, 0) is 6.54 Å². The SMILES string of the molecule is COc1ccccc1CNC(C)c1ccc(F)cc1F. The molecule has 0 saturated heterocycles. The van der Waals surface area contributed by atoms with Crippen LogP contribution >= 0.6 is 0 Å². The fraction of sp³-hybridized carbons (Fsp3) is 0.250. The summed E-state index contributed by atoms with van der Waals surface area (Å²) in [5.41, 5.74) is 1.44. The largest absolute Gasteiger partial charge is 0.496 e.